The number of aromatic nitrogens is 3. The van der Waals surface area contributed by atoms with Crippen LogP contribution in [0.25, 0.3) is 87.6 Å². The fourth-order valence-corrected chi connectivity index (χ4v) is 10.9. The van der Waals surface area contributed by atoms with E-state index in [1.165, 1.54) is 104 Å². The zero-order chi connectivity index (χ0) is 36.6. The van der Waals surface area contributed by atoms with Crippen molar-refractivity contribution in [1.29, 1.82) is 0 Å². The van der Waals surface area contributed by atoms with Crippen LogP contribution in [0.1, 0.15) is 73.5 Å². The van der Waals surface area contributed by atoms with Crippen LogP contribution in [0.5, 0.6) is 0 Å². The smallest absolute Gasteiger partial charge is 0.231 e. The standard InChI is InChI=1S/C51H39N3O/c1-27-17-18-40-38(22-27)45-48-36(25-37-32-14-8-9-16-43(32)55-50(37)45)34-24-33-35(26-42(34)54(40)48)44-46(49(44)53-21-19-29(23-41(33)53)51(3,4)5)47-28(2)30-12-6-7-13-31(30)39-15-10-11-20-52(39)47/h6-26,28,46-47H,1-5H3/q+2. The number of hydrogen-bond acceptors (Lipinski definition) is 1. The monoisotopic (exact) mass is 709 g/mol. The summed E-state index contributed by atoms with van der Waals surface area (Å²) in [7, 11) is 0. The van der Waals surface area contributed by atoms with Gasteiger partial charge in [0.05, 0.1) is 27.6 Å². The first-order valence-electron chi connectivity index (χ1n) is 19.7. The number of aryl methyl sites for hydroxylation is 1. The summed E-state index contributed by atoms with van der Waals surface area (Å²) in [5, 5.41) is 10.1. The van der Waals surface area contributed by atoms with Gasteiger partial charge in [-0.1, -0.05) is 75.7 Å². The van der Waals surface area contributed by atoms with Crippen molar-refractivity contribution in [3.63, 3.8) is 0 Å². The van der Waals surface area contributed by atoms with Gasteiger partial charge in [-0.15, -0.1) is 0 Å². The number of para-hydroxylation sites is 1. The Labute approximate surface area is 317 Å². The summed E-state index contributed by atoms with van der Waals surface area (Å²) in [6, 6.07) is 43.7. The average Bonchev–Trinajstić information content (AvgIpc) is 3.50. The molecule has 7 heterocycles. The SMILES string of the molecule is Cc1ccc2c(c1)c1c3oc4ccccc4c3cc3c4cc5c(cc4[n+]2c31)c1c(n2ccc(C(C)(C)C)cc52)C1C1C(C)c2ccccc2-c2cccc[n+]21. The van der Waals surface area contributed by atoms with E-state index in [1.54, 1.807) is 0 Å². The number of benzene rings is 5. The number of furan rings is 1. The fraction of sp³-hybridized carbons (Fsp3) is 0.176. The van der Waals surface area contributed by atoms with Gasteiger partial charge in [-0.25, -0.2) is 0 Å². The second-order valence-corrected chi connectivity index (χ2v) is 17.5. The molecule has 2 aliphatic rings. The molecular formula is C51H39N3O+2. The van der Waals surface area contributed by atoms with Crippen LogP contribution < -0.4 is 8.97 Å². The van der Waals surface area contributed by atoms with Crippen LogP contribution in [0.3, 0.4) is 0 Å². The van der Waals surface area contributed by atoms with Gasteiger partial charge in [-0.2, -0.15) is 8.97 Å². The molecule has 6 aromatic heterocycles. The normalized spacial score (nSPS) is 18.1. The van der Waals surface area contributed by atoms with Gasteiger partial charge in [0.25, 0.3) is 0 Å². The van der Waals surface area contributed by atoms with Gasteiger partial charge < -0.3 is 8.82 Å². The van der Waals surface area contributed by atoms with E-state index in [0.717, 1.165) is 11.2 Å². The third-order valence-electron chi connectivity index (χ3n) is 13.4. The highest BCUT2D eigenvalue weighted by Crippen LogP contribution is 2.59. The quantitative estimate of drug-likeness (QED) is 0.123. The number of nitrogens with zero attached hydrogens (tertiary/aromatic N) is 3. The van der Waals surface area contributed by atoms with Gasteiger partial charge in [-0.3, -0.25) is 0 Å². The van der Waals surface area contributed by atoms with E-state index in [9.17, 15) is 0 Å². The first-order chi connectivity index (χ1) is 26.8. The molecule has 55 heavy (non-hydrogen) atoms. The van der Waals surface area contributed by atoms with Crippen LogP contribution >= 0.6 is 0 Å². The molecule has 4 heteroatoms. The lowest BCUT2D eigenvalue weighted by Gasteiger charge is -2.28. The summed E-state index contributed by atoms with van der Waals surface area (Å²) >= 11 is 0. The molecule has 1 aliphatic heterocycles. The number of hydrogen-bond donors (Lipinski definition) is 0. The fourth-order valence-electron chi connectivity index (χ4n) is 10.9. The van der Waals surface area contributed by atoms with Crippen molar-refractivity contribution in [2.45, 2.75) is 57.9 Å². The summed E-state index contributed by atoms with van der Waals surface area (Å²) in [5.41, 5.74) is 16.6. The highest BCUT2D eigenvalue weighted by molar-refractivity contribution is 6.30. The Hall–Kier alpha value is -6.26. The number of fused-ring (bicyclic) bond motifs is 19. The van der Waals surface area contributed by atoms with E-state index >= 15 is 0 Å². The summed E-state index contributed by atoms with van der Waals surface area (Å²) in [5.74, 6) is 0.618. The molecule has 0 spiro atoms. The third-order valence-corrected chi connectivity index (χ3v) is 13.4. The molecule has 1 aliphatic carbocycles. The van der Waals surface area contributed by atoms with Crippen LogP contribution in [0.15, 0.2) is 132 Å². The second kappa shape index (κ2) is 9.88. The van der Waals surface area contributed by atoms with Gasteiger partial charge in [0.15, 0.2) is 12.2 Å². The number of pyridine rings is 3. The molecule has 262 valence electrons. The molecule has 0 N–H and O–H groups in total. The minimum absolute atomic E-state index is 0.0232. The van der Waals surface area contributed by atoms with Crippen LogP contribution in [0.4, 0.5) is 0 Å². The van der Waals surface area contributed by atoms with Gasteiger partial charge in [0.1, 0.15) is 16.6 Å². The third kappa shape index (κ3) is 3.68. The molecule has 0 fully saturated rings. The van der Waals surface area contributed by atoms with Crippen molar-refractivity contribution >= 4 is 76.3 Å². The Bertz CT molecular complexity index is 3520. The first kappa shape index (κ1) is 30.1. The second-order valence-electron chi connectivity index (χ2n) is 17.5. The maximum absolute atomic E-state index is 6.74. The van der Waals surface area contributed by atoms with Crippen molar-refractivity contribution in [2.75, 3.05) is 0 Å². The van der Waals surface area contributed by atoms with Crippen molar-refractivity contribution in [1.82, 2.24) is 4.40 Å². The molecule has 4 nitrogen and oxygen atoms in total. The summed E-state index contributed by atoms with van der Waals surface area (Å²) < 4.78 is 14.4. The van der Waals surface area contributed by atoms with Crippen LogP contribution in [-0.2, 0) is 5.41 Å². The van der Waals surface area contributed by atoms with Gasteiger partial charge in [0, 0.05) is 63.8 Å². The van der Waals surface area contributed by atoms with E-state index in [0.29, 0.717) is 5.92 Å². The molecule has 0 amide bonds. The Morgan fingerprint density at radius 3 is 2.40 bits per heavy atom. The van der Waals surface area contributed by atoms with Crippen molar-refractivity contribution < 1.29 is 13.4 Å². The minimum Gasteiger partial charge on any atom is -0.455 e. The summed E-state index contributed by atoms with van der Waals surface area (Å²) in [6.07, 6.45) is 4.68. The average molecular weight is 710 g/mol. The Morgan fingerprint density at radius 2 is 1.51 bits per heavy atom. The molecule has 0 saturated heterocycles. The zero-order valence-electron chi connectivity index (χ0n) is 31.6. The summed E-state index contributed by atoms with van der Waals surface area (Å²) in [6.45, 7) is 11.6. The minimum atomic E-state index is 0.0232. The molecule has 3 unspecified atom stereocenters. The predicted molar refractivity (Wildman–Crippen MR) is 224 cm³/mol. The molecule has 11 aromatic rings. The van der Waals surface area contributed by atoms with E-state index in [2.05, 4.69) is 176 Å². The molecule has 0 radical (unpaired) electrons. The number of rotatable bonds is 1. The maximum atomic E-state index is 6.74. The van der Waals surface area contributed by atoms with E-state index in [-0.39, 0.29) is 17.4 Å². The van der Waals surface area contributed by atoms with Crippen molar-refractivity contribution in [3.05, 3.63) is 156 Å². The Balaban J connectivity index is 1.18. The molecule has 3 atom stereocenters. The largest absolute Gasteiger partial charge is 0.455 e. The molecular weight excluding hydrogens is 671 g/mol. The van der Waals surface area contributed by atoms with Crippen molar-refractivity contribution in [3.8, 4) is 11.3 Å². The lowest BCUT2D eigenvalue weighted by atomic mass is 9.81. The van der Waals surface area contributed by atoms with Gasteiger partial charge >= 0.3 is 0 Å². The Morgan fingerprint density at radius 1 is 0.691 bits per heavy atom. The van der Waals surface area contributed by atoms with E-state index in [1.807, 2.05) is 0 Å². The highest BCUT2D eigenvalue weighted by atomic mass is 16.3. The molecule has 0 bridgehead atoms. The lowest BCUT2D eigenvalue weighted by Crippen LogP contribution is -2.47. The Kier molecular flexibility index (Phi) is 5.41. The molecule has 0 saturated carbocycles. The van der Waals surface area contributed by atoms with Crippen LogP contribution in [0.2, 0.25) is 0 Å². The highest BCUT2D eigenvalue weighted by Gasteiger charge is 2.54. The van der Waals surface area contributed by atoms with Crippen molar-refractivity contribution in [2.24, 2.45) is 0 Å². The lowest BCUT2D eigenvalue weighted by molar-refractivity contribution is -0.718. The summed E-state index contributed by atoms with van der Waals surface area (Å²) in [4.78, 5) is 0. The predicted octanol–water partition coefficient (Wildman–Crippen LogP) is 12.0. The van der Waals surface area contributed by atoms with E-state index in [4.69, 9.17) is 4.42 Å². The zero-order valence-corrected chi connectivity index (χ0v) is 31.6. The maximum Gasteiger partial charge on any atom is 0.231 e. The van der Waals surface area contributed by atoms with Gasteiger partial charge in [-0.05, 0) is 82.9 Å². The molecule has 13 rings (SSSR count). The van der Waals surface area contributed by atoms with E-state index < -0.39 is 0 Å². The molecule has 5 aromatic carbocycles. The van der Waals surface area contributed by atoms with Crippen LogP contribution in [-0.4, -0.2) is 4.40 Å². The topological polar surface area (TPSA) is 25.5 Å². The first-order valence-corrected chi connectivity index (χ1v) is 19.7. The van der Waals surface area contributed by atoms with Gasteiger partial charge in [0.2, 0.25) is 22.2 Å². The van der Waals surface area contributed by atoms with Crippen LogP contribution in [0, 0.1) is 6.92 Å².